The molecule has 1 atom stereocenters. The largest absolute Gasteiger partial charge is 0.457 e. The van der Waals surface area contributed by atoms with Crippen molar-refractivity contribution in [3.63, 3.8) is 0 Å². The number of furan rings is 1. The summed E-state index contributed by atoms with van der Waals surface area (Å²) in [6, 6.07) is 46.3. The maximum absolute atomic E-state index is 13.6. The molecule has 0 fully saturated rings. The molecule has 0 spiro atoms. The third-order valence-corrected chi connectivity index (χ3v) is 8.88. The van der Waals surface area contributed by atoms with Gasteiger partial charge in [-0.05, 0) is 72.6 Å². The summed E-state index contributed by atoms with van der Waals surface area (Å²) in [5.74, 6) is -0.0580. The third kappa shape index (κ3) is 8.62. The Labute approximate surface area is 289 Å². The monoisotopic (exact) mass is 663 g/mol. The summed E-state index contributed by atoms with van der Waals surface area (Å²) in [5, 5.41) is 8.18. The quantitative estimate of drug-likeness (QED) is 0.0948. The molecule has 0 radical (unpaired) electrons. The van der Waals surface area contributed by atoms with E-state index in [9.17, 15) is 14.4 Å². The lowest BCUT2D eigenvalue weighted by Gasteiger charge is -2.18. The van der Waals surface area contributed by atoms with Crippen LogP contribution in [0.1, 0.15) is 32.5 Å². The lowest BCUT2D eigenvalue weighted by Crippen LogP contribution is -2.30. The number of rotatable bonds is 11. The van der Waals surface area contributed by atoms with Crippen molar-refractivity contribution in [3.05, 3.63) is 180 Å². The van der Waals surface area contributed by atoms with Gasteiger partial charge in [0.1, 0.15) is 22.5 Å². The molecule has 242 valence electrons. The zero-order chi connectivity index (χ0) is 34.0. The van der Waals surface area contributed by atoms with E-state index in [0.29, 0.717) is 22.8 Å². The molecule has 0 aliphatic rings. The molecule has 7 nitrogen and oxygen atoms in total. The number of carbonyl (C=O) groups is 3. The SMILES string of the molecule is Cc1ccccc1NC(=O)C(Sc1ccc(NC(=O)C(=Cc2ccc(-c3ccccc3)o2)NC(=O)c2ccccc2)cc1)c1ccccc1. The fourth-order valence-electron chi connectivity index (χ4n) is 5.04. The summed E-state index contributed by atoms with van der Waals surface area (Å²) in [6.07, 6.45) is 1.50. The molecule has 0 aliphatic heterocycles. The molecule has 6 rings (SSSR count). The van der Waals surface area contributed by atoms with Gasteiger partial charge in [-0.1, -0.05) is 97.1 Å². The van der Waals surface area contributed by atoms with Crippen LogP contribution >= 0.6 is 11.8 Å². The van der Waals surface area contributed by atoms with Crippen molar-refractivity contribution >= 4 is 46.9 Å². The number of hydrogen-bond acceptors (Lipinski definition) is 5. The van der Waals surface area contributed by atoms with Gasteiger partial charge in [0.15, 0.2) is 0 Å². The highest BCUT2D eigenvalue weighted by Crippen LogP contribution is 2.37. The van der Waals surface area contributed by atoms with Crippen molar-refractivity contribution in [2.75, 3.05) is 10.6 Å². The Morgan fingerprint density at radius 3 is 2.00 bits per heavy atom. The molecule has 8 heteroatoms. The molecule has 0 aliphatic carbocycles. The minimum Gasteiger partial charge on any atom is -0.457 e. The Kier molecular flexibility index (Phi) is 10.5. The van der Waals surface area contributed by atoms with Gasteiger partial charge in [0.05, 0.1) is 0 Å². The first-order valence-corrected chi connectivity index (χ1v) is 16.5. The van der Waals surface area contributed by atoms with Gasteiger partial charge < -0.3 is 20.4 Å². The number of benzene rings is 5. The highest BCUT2D eigenvalue weighted by atomic mass is 32.2. The summed E-state index contributed by atoms with van der Waals surface area (Å²) in [6.45, 7) is 1.96. The number of thioether (sulfide) groups is 1. The van der Waals surface area contributed by atoms with Crippen LogP contribution in [0.2, 0.25) is 0 Å². The average molecular weight is 664 g/mol. The standard InChI is InChI=1S/C41H33N3O4S/c1-28-13-11-12-20-35(28)43-41(47)38(30-16-7-3-8-17-30)49-34-24-21-32(22-25-34)42-40(46)36(44-39(45)31-18-9-4-10-19-31)27-33-23-26-37(48-33)29-14-5-2-6-15-29/h2-27,38H,1H3,(H,42,46)(H,43,47)(H,44,45). The fraction of sp³-hybridized carbons (Fsp3) is 0.0488. The van der Waals surface area contributed by atoms with Crippen molar-refractivity contribution in [3.8, 4) is 11.3 Å². The first-order valence-electron chi connectivity index (χ1n) is 15.7. The van der Waals surface area contributed by atoms with E-state index in [4.69, 9.17) is 4.42 Å². The van der Waals surface area contributed by atoms with Crippen molar-refractivity contribution < 1.29 is 18.8 Å². The molecular weight excluding hydrogens is 631 g/mol. The zero-order valence-corrected chi connectivity index (χ0v) is 27.4. The third-order valence-electron chi connectivity index (χ3n) is 7.61. The first-order chi connectivity index (χ1) is 23.9. The van der Waals surface area contributed by atoms with Gasteiger partial charge in [-0.25, -0.2) is 0 Å². The number of nitrogens with one attached hydrogen (secondary N) is 3. The Hall–Kier alpha value is -6.12. The Bertz CT molecular complexity index is 2080. The van der Waals surface area contributed by atoms with Gasteiger partial charge in [0.25, 0.3) is 11.8 Å². The van der Waals surface area contributed by atoms with Crippen LogP contribution in [0.15, 0.2) is 167 Å². The number of amides is 3. The molecule has 1 aromatic heterocycles. The first kappa shape index (κ1) is 32.8. The van der Waals surface area contributed by atoms with E-state index in [1.165, 1.54) is 17.8 Å². The van der Waals surface area contributed by atoms with Crippen LogP contribution in [0.3, 0.4) is 0 Å². The van der Waals surface area contributed by atoms with Crippen LogP contribution in [-0.2, 0) is 9.59 Å². The van der Waals surface area contributed by atoms with Crippen molar-refractivity contribution in [2.45, 2.75) is 17.1 Å². The van der Waals surface area contributed by atoms with Crippen LogP contribution in [-0.4, -0.2) is 17.7 Å². The number of hydrogen-bond donors (Lipinski definition) is 3. The van der Waals surface area contributed by atoms with Crippen LogP contribution < -0.4 is 16.0 Å². The summed E-state index contributed by atoms with van der Waals surface area (Å²) in [5.41, 5.74) is 4.43. The molecule has 6 aromatic rings. The lowest BCUT2D eigenvalue weighted by molar-refractivity contribution is -0.116. The predicted molar refractivity (Wildman–Crippen MR) is 196 cm³/mol. The van der Waals surface area contributed by atoms with Crippen LogP contribution in [0.4, 0.5) is 11.4 Å². The normalized spacial score (nSPS) is 11.7. The van der Waals surface area contributed by atoms with E-state index in [2.05, 4.69) is 16.0 Å². The van der Waals surface area contributed by atoms with Crippen molar-refractivity contribution in [2.24, 2.45) is 0 Å². The van der Waals surface area contributed by atoms with Crippen LogP contribution in [0.25, 0.3) is 17.4 Å². The highest BCUT2D eigenvalue weighted by molar-refractivity contribution is 8.00. The molecule has 5 aromatic carbocycles. The second-order valence-corrected chi connectivity index (χ2v) is 12.3. The topological polar surface area (TPSA) is 100 Å². The Morgan fingerprint density at radius 1 is 0.673 bits per heavy atom. The molecular formula is C41H33N3O4S. The van der Waals surface area contributed by atoms with E-state index in [-0.39, 0.29) is 11.6 Å². The van der Waals surface area contributed by atoms with E-state index in [0.717, 1.165) is 27.3 Å². The van der Waals surface area contributed by atoms with E-state index in [1.54, 1.807) is 42.5 Å². The molecule has 1 unspecified atom stereocenters. The average Bonchev–Trinajstić information content (AvgIpc) is 3.61. The zero-order valence-electron chi connectivity index (χ0n) is 26.6. The molecule has 3 N–H and O–H groups in total. The summed E-state index contributed by atoms with van der Waals surface area (Å²) >= 11 is 1.41. The molecule has 1 heterocycles. The van der Waals surface area contributed by atoms with E-state index < -0.39 is 17.1 Å². The van der Waals surface area contributed by atoms with Crippen molar-refractivity contribution in [1.82, 2.24) is 5.32 Å². The predicted octanol–water partition coefficient (Wildman–Crippen LogP) is 9.14. The Balaban J connectivity index is 1.20. The smallest absolute Gasteiger partial charge is 0.272 e. The summed E-state index contributed by atoms with van der Waals surface area (Å²) in [4.78, 5) is 41.1. The fourth-order valence-corrected chi connectivity index (χ4v) is 6.06. The highest BCUT2D eigenvalue weighted by Gasteiger charge is 2.23. The van der Waals surface area contributed by atoms with Gasteiger partial charge in [-0.15, -0.1) is 11.8 Å². The van der Waals surface area contributed by atoms with Gasteiger partial charge in [-0.3, -0.25) is 14.4 Å². The van der Waals surface area contributed by atoms with Gasteiger partial charge in [-0.2, -0.15) is 0 Å². The minimum absolute atomic E-state index is 0.0123. The van der Waals surface area contributed by atoms with Crippen LogP contribution in [0.5, 0.6) is 0 Å². The van der Waals surface area contributed by atoms with E-state index >= 15 is 0 Å². The lowest BCUT2D eigenvalue weighted by atomic mass is 10.1. The molecule has 0 saturated heterocycles. The summed E-state index contributed by atoms with van der Waals surface area (Å²) in [7, 11) is 0. The number of carbonyl (C=O) groups excluding carboxylic acids is 3. The number of anilines is 2. The van der Waals surface area contributed by atoms with Gasteiger partial charge in [0, 0.05) is 33.5 Å². The minimum atomic E-state index is -0.526. The second-order valence-electron chi connectivity index (χ2n) is 11.1. The number of para-hydroxylation sites is 1. The van der Waals surface area contributed by atoms with Crippen LogP contribution in [0, 0.1) is 6.92 Å². The molecule has 0 saturated carbocycles. The molecule has 0 bridgehead atoms. The van der Waals surface area contributed by atoms with Gasteiger partial charge in [0.2, 0.25) is 5.91 Å². The molecule has 49 heavy (non-hydrogen) atoms. The van der Waals surface area contributed by atoms with E-state index in [1.807, 2.05) is 116 Å². The summed E-state index contributed by atoms with van der Waals surface area (Å²) < 4.78 is 6.00. The second kappa shape index (κ2) is 15.6. The van der Waals surface area contributed by atoms with Gasteiger partial charge >= 0.3 is 0 Å². The number of aryl methyl sites for hydroxylation is 1. The van der Waals surface area contributed by atoms with Crippen molar-refractivity contribution in [1.29, 1.82) is 0 Å². The Morgan fingerprint density at radius 2 is 1.31 bits per heavy atom. The maximum atomic E-state index is 13.6. The molecule has 3 amide bonds. The maximum Gasteiger partial charge on any atom is 0.272 e.